The second-order valence-electron chi connectivity index (χ2n) is 5.93. The molecule has 3 aromatic rings. The summed E-state index contributed by atoms with van der Waals surface area (Å²) in [4.78, 5) is 12.0. The van der Waals surface area contributed by atoms with Crippen molar-refractivity contribution in [2.45, 2.75) is 12.8 Å². The van der Waals surface area contributed by atoms with Crippen LogP contribution in [0.15, 0.2) is 54.6 Å². The van der Waals surface area contributed by atoms with E-state index in [1.54, 1.807) is 36.4 Å². The Hall–Kier alpha value is -3.66. The molecule has 0 aliphatic heterocycles. The van der Waals surface area contributed by atoms with Crippen LogP contribution in [0.4, 0.5) is 10.2 Å². The van der Waals surface area contributed by atoms with Crippen molar-refractivity contribution in [1.82, 2.24) is 15.1 Å². The second-order valence-corrected chi connectivity index (χ2v) is 5.93. The smallest absolute Gasteiger partial charge is 0.251 e. The minimum Gasteiger partial charge on any atom is -0.382 e. The number of rotatable bonds is 6. The summed E-state index contributed by atoms with van der Waals surface area (Å²) in [5.41, 5.74) is 8.05. The minimum absolute atomic E-state index is 0.146. The number of aromatic nitrogens is 2. The number of aryl methyl sites for hydroxylation is 1. The monoisotopic (exact) mass is 363 g/mol. The van der Waals surface area contributed by atoms with Gasteiger partial charge in [-0.1, -0.05) is 18.2 Å². The second kappa shape index (κ2) is 8.15. The van der Waals surface area contributed by atoms with Crippen molar-refractivity contribution in [1.29, 1.82) is 5.26 Å². The Balaban J connectivity index is 1.65. The number of benzene rings is 2. The number of amides is 1. The summed E-state index contributed by atoms with van der Waals surface area (Å²) in [7, 11) is 0. The maximum absolute atomic E-state index is 13.1. The molecule has 6 nitrogen and oxygen atoms in total. The van der Waals surface area contributed by atoms with E-state index in [1.807, 2.05) is 6.07 Å². The maximum atomic E-state index is 13.1. The summed E-state index contributed by atoms with van der Waals surface area (Å²) in [6, 6.07) is 16.7. The predicted octanol–water partition coefficient (Wildman–Crippen LogP) is 2.83. The Morgan fingerprint density at radius 3 is 2.56 bits per heavy atom. The van der Waals surface area contributed by atoms with E-state index in [0.717, 1.165) is 0 Å². The lowest BCUT2D eigenvalue weighted by Gasteiger charge is -2.04. The minimum atomic E-state index is -0.362. The molecule has 2 aromatic carbocycles. The summed E-state index contributed by atoms with van der Waals surface area (Å²) in [5, 5.41) is 16.6. The van der Waals surface area contributed by atoms with Crippen molar-refractivity contribution in [2.75, 3.05) is 12.3 Å². The number of hydrogen-bond acceptors (Lipinski definition) is 4. The van der Waals surface area contributed by atoms with Crippen molar-refractivity contribution in [2.24, 2.45) is 0 Å². The topological polar surface area (TPSA) is 96.7 Å². The number of nitrogens with two attached hydrogens (primary N) is 1. The predicted molar refractivity (Wildman–Crippen MR) is 99.7 cm³/mol. The van der Waals surface area contributed by atoms with Gasteiger partial charge in [-0.15, -0.1) is 0 Å². The number of nitrogen functional groups attached to an aromatic ring is 1. The lowest BCUT2D eigenvalue weighted by atomic mass is 10.1. The highest BCUT2D eigenvalue weighted by molar-refractivity contribution is 5.94. The molecule has 1 amide bonds. The molecule has 0 spiro atoms. The molecule has 1 aromatic heterocycles. The van der Waals surface area contributed by atoms with Crippen molar-refractivity contribution in [3.63, 3.8) is 0 Å². The van der Waals surface area contributed by atoms with Crippen molar-refractivity contribution in [3.05, 3.63) is 77.2 Å². The van der Waals surface area contributed by atoms with Crippen molar-refractivity contribution in [3.8, 4) is 11.8 Å². The van der Waals surface area contributed by atoms with E-state index in [4.69, 9.17) is 5.73 Å². The average Bonchev–Trinajstić information content (AvgIpc) is 3.01. The Bertz CT molecular complexity index is 974. The van der Waals surface area contributed by atoms with Crippen LogP contribution >= 0.6 is 0 Å². The number of anilines is 1. The molecule has 0 radical (unpaired) electrons. The Labute approximate surface area is 156 Å². The van der Waals surface area contributed by atoms with Gasteiger partial charge in [0.25, 0.3) is 5.91 Å². The van der Waals surface area contributed by atoms with Gasteiger partial charge in [-0.25, -0.2) is 9.07 Å². The molecular weight excluding hydrogens is 345 g/mol. The molecule has 3 rings (SSSR count). The number of nitriles is 1. The first-order chi connectivity index (χ1) is 13.1. The van der Waals surface area contributed by atoms with Crippen LogP contribution in [-0.4, -0.2) is 22.2 Å². The van der Waals surface area contributed by atoms with E-state index in [2.05, 4.69) is 16.5 Å². The zero-order chi connectivity index (χ0) is 19.2. The third-order valence-corrected chi connectivity index (χ3v) is 4.09. The molecule has 0 unspecified atom stereocenters. The van der Waals surface area contributed by atoms with Crippen molar-refractivity contribution >= 4 is 11.7 Å². The molecule has 0 aliphatic rings. The highest BCUT2D eigenvalue weighted by atomic mass is 19.1. The highest BCUT2D eigenvalue weighted by Crippen LogP contribution is 2.21. The molecule has 1 heterocycles. The quantitative estimate of drug-likeness (QED) is 0.658. The van der Waals surface area contributed by atoms with Crippen LogP contribution in [0.2, 0.25) is 0 Å². The maximum Gasteiger partial charge on any atom is 0.251 e. The van der Waals surface area contributed by atoms with Crippen LogP contribution in [0.3, 0.4) is 0 Å². The molecule has 0 atom stereocenters. The zero-order valence-corrected chi connectivity index (χ0v) is 14.5. The van der Waals surface area contributed by atoms with Crippen LogP contribution in [0, 0.1) is 17.1 Å². The van der Waals surface area contributed by atoms with Gasteiger partial charge in [-0.3, -0.25) is 4.79 Å². The van der Waals surface area contributed by atoms with E-state index in [0.29, 0.717) is 41.9 Å². The van der Waals surface area contributed by atoms with Gasteiger partial charge in [0.2, 0.25) is 0 Å². The number of nitrogens with one attached hydrogen (secondary N) is 1. The van der Waals surface area contributed by atoms with Crippen molar-refractivity contribution < 1.29 is 9.18 Å². The van der Waals surface area contributed by atoms with E-state index in [1.165, 1.54) is 16.8 Å². The largest absolute Gasteiger partial charge is 0.382 e. The first-order valence-electron chi connectivity index (χ1n) is 8.47. The normalized spacial score (nSPS) is 10.4. The fourth-order valence-electron chi connectivity index (χ4n) is 2.70. The number of halogens is 1. The van der Waals surface area contributed by atoms with Gasteiger partial charge in [0.15, 0.2) is 0 Å². The fourth-order valence-corrected chi connectivity index (χ4v) is 2.70. The van der Waals surface area contributed by atoms with Crippen LogP contribution in [-0.2, 0) is 6.42 Å². The molecule has 136 valence electrons. The van der Waals surface area contributed by atoms with E-state index in [9.17, 15) is 14.4 Å². The van der Waals surface area contributed by atoms with E-state index >= 15 is 0 Å². The molecular formula is C20H18FN5O. The lowest BCUT2D eigenvalue weighted by Crippen LogP contribution is -2.24. The summed E-state index contributed by atoms with van der Waals surface area (Å²) < 4.78 is 14.5. The Kier molecular flexibility index (Phi) is 5.47. The molecule has 0 saturated carbocycles. The molecule has 0 saturated heterocycles. The van der Waals surface area contributed by atoms with Gasteiger partial charge in [0.05, 0.1) is 11.4 Å². The number of carbonyl (C=O) groups excluding carboxylic acids is 1. The van der Waals surface area contributed by atoms with E-state index < -0.39 is 0 Å². The van der Waals surface area contributed by atoms with Gasteiger partial charge in [-0.2, -0.15) is 10.4 Å². The van der Waals surface area contributed by atoms with Crippen LogP contribution in [0.5, 0.6) is 0 Å². The third kappa shape index (κ3) is 4.12. The number of nitrogens with zero attached hydrogens (tertiary/aromatic N) is 3. The molecule has 3 N–H and O–H groups in total. The fraction of sp³-hybridized carbons (Fsp3) is 0.150. The number of carbonyl (C=O) groups is 1. The summed E-state index contributed by atoms with van der Waals surface area (Å²) in [5.74, 6) is -0.292. The van der Waals surface area contributed by atoms with Gasteiger partial charge < -0.3 is 11.1 Å². The first kappa shape index (κ1) is 18.1. The Morgan fingerprint density at radius 2 is 1.89 bits per heavy atom. The molecule has 7 heteroatoms. The number of hydrogen-bond donors (Lipinski definition) is 2. The molecule has 27 heavy (non-hydrogen) atoms. The summed E-state index contributed by atoms with van der Waals surface area (Å²) >= 11 is 0. The molecule has 0 aliphatic carbocycles. The average molecular weight is 363 g/mol. The van der Waals surface area contributed by atoms with E-state index in [-0.39, 0.29) is 17.5 Å². The van der Waals surface area contributed by atoms with Gasteiger partial charge >= 0.3 is 0 Å². The third-order valence-electron chi connectivity index (χ3n) is 4.09. The Morgan fingerprint density at radius 1 is 1.19 bits per heavy atom. The van der Waals surface area contributed by atoms with Crippen LogP contribution in [0.1, 0.15) is 28.0 Å². The molecule has 0 fully saturated rings. The van der Waals surface area contributed by atoms with Gasteiger partial charge in [0, 0.05) is 12.1 Å². The summed E-state index contributed by atoms with van der Waals surface area (Å²) in [6.07, 6.45) is 1.09. The highest BCUT2D eigenvalue weighted by Gasteiger charge is 2.16. The van der Waals surface area contributed by atoms with Gasteiger partial charge in [-0.05, 0) is 49.2 Å². The van der Waals surface area contributed by atoms with Gasteiger partial charge in [0.1, 0.15) is 23.3 Å². The SMILES string of the molecule is N#Cc1c(CCCNC(=O)c2ccccc2)nn(-c2ccc(F)cc2)c1N. The van der Waals surface area contributed by atoms with Crippen LogP contribution < -0.4 is 11.1 Å². The first-order valence-corrected chi connectivity index (χ1v) is 8.47. The van der Waals surface area contributed by atoms with Crippen LogP contribution in [0.25, 0.3) is 5.69 Å². The molecule has 0 bridgehead atoms. The lowest BCUT2D eigenvalue weighted by molar-refractivity contribution is 0.0953. The zero-order valence-electron chi connectivity index (χ0n) is 14.5. The summed E-state index contributed by atoms with van der Waals surface area (Å²) in [6.45, 7) is 0.446. The standard InChI is InChI=1S/C20H18FN5O/c21-15-8-10-16(11-9-15)26-19(23)17(13-22)18(25-26)7-4-12-24-20(27)14-5-2-1-3-6-14/h1-3,5-6,8-11H,4,7,12,23H2,(H,24,27).